The van der Waals surface area contributed by atoms with Crippen LogP contribution in [0.2, 0.25) is 0 Å². The second-order valence-corrected chi connectivity index (χ2v) is 4.06. The number of carbonyl (C=O) groups excluding carboxylic acids is 1. The van der Waals surface area contributed by atoms with Gasteiger partial charge in [-0.15, -0.1) is 0 Å². The summed E-state index contributed by atoms with van der Waals surface area (Å²) in [4.78, 5) is 15.0. The van der Waals surface area contributed by atoms with Gasteiger partial charge < -0.3 is 4.74 Å². The van der Waals surface area contributed by atoms with Gasteiger partial charge in [-0.25, -0.2) is 9.78 Å². The quantitative estimate of drug-likeness (QED) is 0.750. The Morgan fingerprint density at radius 2 is 2.31 bits per heavy atom. The number of fused-ring (bicyclic) bond motifs is 1. The summed E-state index contributed by atoms with van der Waals surface area (Å²) in [7, 11) is 0. The first-order valence-corrected chi connectivity index (χ1v) is 5.04. The predicted molar refractivity (Wildman–Crippen MR) is 53.4 cm³/mol. The summed E-state index contributed by atoms with van der Waals surface area (Å²) in [6.07, 6.45) is -0.441. The average Bonchev–Trinajstić information content (AvgIpc) is 2.08. The van der Waals surface area contributed by atoms with E-state index in [1.165, 1.54) is 0 Å². The summed E-state index contributed by atoms with van der Waals surface area (Å²) in [5.74, 6) is 0. The number of nitrogens with one attached hydrogen (secondary N) is 1. The minimum absolute atomic E-state index is 0.215. The molecule has 0 atom stereocenters. The van der Waals surface area contributed by atoms with Gasteiger partial charge in [-0.3, -0.25) is 5.32 Å². The molecular weight excluding hydrogens is 304 g/mol. The Hall–Kier alpha value is -0.620. The molecule has 1 aliphatic heterocycles. The molecule has 0 fully saturated rings. The Bertz CT molecular complexity index is 381. The maximum Gasteiger partial charge on any atom is 0.412 e. The fourth-order valence-electron chi connectivity index (χ4n) is 1.000. The molecule has 0 radical (unpaired) electrons. The van der Waals surface area contributed by atoms with Crippen molar-refractivity contribution in [3.05, 3.63) is 20.8 Å². The maximum absolute atomic E-state index is 10.8. The number of amides is 1. The van der Waals surface area contributed by atoms with Gasteiger partial charge in [0.25, 0.3) is 0 Å². The van der Waals surface area contributed by atoms with E-state index in [9.17, 15) is 4.79 Å². The lowest BCUT2D eigenvalue weighted by molar-refractivity contribution is 0.149. The molecule has 4 nitrogen and oxygen atoms in total. The molecule has 0 saturated heterocycles. The van der Waals surface area contributed by atoms with Gasteiger partial charge in [0, 0.05) is 0 Å². The number of anilines is 1. The van der Waals surface area contributed by atoms with Crippen LogP contribution in [0.5, 0.6) is 0 Å². The summed E-state index contributed by atoms with van der Waals surface area (Å²) >= 11 is 6.56. The van der Waals surface area contributed by atoms with Crippen molar-refractivity contribution in [1.29, 1.82) is 0 Å². The first-order valence-electron chi connectivity index (χ1n) is 3.45. The number of hydrogen-bond acceptors (Lipinski definition) is 3. The highest BCUT2D eigenvalue weighted by Crippen LogP contribution is 2.28. The molecule has 0 unspecified atom stereocenters. The minimum Gasteiger partial charge on any atom is -0.443 e. The standard InChI is InChI=1S/C7H4Br2N2O2/c8-3-1-4-5(10-6(3)9)2-13-7(12)11-4/h1H,2H2,(H,11,12). The van der Waals surface area contributed by atoms with E-state index in [1.54, 1.807) is 6.07 Å². The van der Waals surface area contributed by atoms with Crippen LogP contribution in [0.3, 0.4) is 0 Å². The molecule has 13 heavy (non-hydrogen) atoms. The molecule has 2 rings (SSSR count). The van der Waals surface area contributed by atoms with Gasteiger partial charge >= 0.3 is 6.09 Å². The van der Waals surface area contributed by atoms with Crippen molar-refractivity contribution in [3.8, 4) is 0 Å². The van der Waals surface area contributed by atoms with E-state index in [2.05, 4.69) is 42.2 Å². The summed E-state index contributed by atoms with van der Waals surface area (Å²) in [5, 5.41) is 2.55. The first kappa shape index (κ1) is 8.96. The average molecular weight is 308 g/mol. The van der Waals surface area contributed by atoms with Crippen LogP contribution in [0.1, 0.15) is 5.69 Å². The Morgan fingerprint density at radius 3 is 3.08 bits per heavy atom. The van der Waals surface area contributed by atoms with E-state index in [0.29, 0.717) is 10.3 Å². The number of halogens is 2. The number of nitrogens with zero attached hydrogens (tertiary/aromatic N) is 1. The molecule has 1 aromatic rings. The van der Waals surface area contributed by atoms with Gasteiger partial charge in [0.1, 0.15) is 16.9 Å². The smallest absolute Gasteiger partial charge is 0.412 e. The zero-order chi connectivity index (χ0) is 9.42. The Labute approximate surface area is 90.9 Å². The number of hydrogen-bond donors (Lipinski definition) is 1. The first-order chi connectivity index (χ1) is 6.16. The van der Waals surface area contributed by atoms with Crippen molar-refractivity contribution in [2.45, 2.75) is 6.61 Å². The molecule has 2 heterocycles. The minimum atomic E-state index is -0.441. The van der Waals surface area contributed by atoms with Gasteiger partial charge in [-0.05, 0) is 37.9 Å². The van der Waals surface area contributed by atoms with E-state index in [4.69, 9.17) is 4.74 Å². The number of rotatable bonds is 0. The number of aromatic nitrogens is 1. The molecule has 0 spiro atoms. The van der Waals surface area contributed by atoms with E-state index in [-0.39, 0.29) is 6.61 Å². The summed E-state index contributed by atoms with van der Waals surface area (Å²) in [6.45, 7) is 0.215. The van der Waals surface area contributed by atoms with Gasteiger partial charge in [-0.1, -0.05) is 0 Å². The second kappa shape index (κ2) is 3.26. The molecule has 0 bridgehead atoms. The fourth-order valence-corrected chi connectivity index (χ4v) is 1.65. The number of ether oxygens (including phenoxy) is 1. The zero-order valence-corrected chi connectivity index (χ0v) is 9.48. The molecule has 1 aromatic heterocycles. The van der Waals surface area contributed by atoms with E-state index < -0.39 is 6.09 Å². The van der Waals surface area contributed by atoms with Crippen molar-refractivity contribution in [3.63, 3.8) is 0 Å². The normalized spacial score (nSPS) is 14.5. The third kappa shape index (κ3) is 1.68. The monoisotopic (exact) mass is 306 g/mol. The van der Waals surface area contributed by atoms with E-state index >= 15 is 0 Å². The van der Waals surface area contributed by atoms with E-state index in [1.807, 2.05) is 0 Å². The molecule has 0 aromatic carbocycles. The molecular formula is C7H4Br2N2O2. The largest absolute Gasteiger partial charge is 0.443 e. The summed E-state index contributed by atoms with van der Waals surface area (Å²) in [5.41, 5.74) is 1.40. The van der Waals surface area contributed by atoms with Crippen LogP contribution in [0.25, 0.3) is 0 Å². The molecule has 0 saturated carbocycles. The second-order valence-electron chi connectivity index (χ2n) is 2.46. The number of pyridine rings is 1. The molecule has 1 amide bonds. The van der Waals surface area contributed by atoms with Gasteiger partial charge in [0.05, 0.1) is 10.2 Å². The summed E-state index contributed by atoms with van der Waals surface area (Å²) in [6, 6.07) is 1.78. The van der Waals surface area contributed by atoms with Crippen LogP contribution in [0.15, 0.2) is 15.1 Å². The maximum atomic E-state index is 10.8. The topological polar surface area (TPSA) is 51.2 Å². The van der Waals surface area contributed by atoms with Crippen LogP contribution < -0.4 is 5.32 Å². The third-order valence-electron chi connectivity index (χ3n) is 1.59. The van der Waals surface area contributed by atoms with Crippen LogP contribution in [-0.2, 0) is 11.3 Å². The van der Waals surface area contributed by atoms with Crippen LogP contribution in [0, 0.1) is 0 Å². The molecule has 1 N–H and O–H groups in total. The highest BCUT2D eigenvalue weighted by molar-refractivity contribution is 9.13. The third-order valence-corrected chi connectivity index (χ3v) is 3.33. The molecule has 68 valence electrons. The highest BCUT2D eigenvalue weighted by atomic mass is 79.9. The lowest BCUT2D eigenvalue weighted by Crippen LogP contribution is -2.21. The van der Waals surface area contributed by atoms with Crippen LogP contribution in [0.4, 0.5) is 10.5 Å². The lowest BCUT2D eigenvalue weighted by atomic mass is 10.3. The number of cyclic esters (lactones) is 1. The Balaban J connectivity index is 2.49. The molecule has 0 aliphatic carbocycles. The zero-order valence-electron chi connectivity index (χ0n) is 6.30. The van der Waals surface area contributed by atoms with Crippen molar-refractivity contribution in [2.75, 3.05) is 5.32 Å². The fraction of sp³-hybridized carbons (Fsp3) is 0.143. The van der Waals surface area contributed by atoms with Gasteiger partial charge in [0.15, 0.2) is 0 Å². The van der Waals surface area contributed by atoms with Crippen molar-refractivity contribution in [1.82, 2.24) is 4.98 Å². The van der Waals surface area contributed by atoms with Crippen molar-refractivity contribution >= 4 is 43.6 Å². The summed E-state index contributed by atoms with van der Waals surface area (Å²) < 4.78 is 6.25. The Morgan fingerprint density at radius 1 is 1.54 bits per heavy atom. The predicted octanol–water partition coefficient (Wildman–Crippen LogP) is 2.67. The van der Waals surface area contributed by atoms with Crippen LogP contribution >= 0.6 is 31.9 Å². The van der Waals surface area contributed by atoms with Gasteiger partial charge in [0.2, 0.25) is 0 Å². The molecule has 1 aliphatic rings. The van der Waals surface area contributed by atoms with Crippen molar-refractivity contribution < 1.29 is 9.53 Å². The Kier molecular flexibility index (Phi) is 2.25. The van der Waals surface area contributed by atoms with Crippen LogP contribution in [-0.4, -0.2) is 11.1 Å². The molecule has 6 heteroatoms. The highest BCUT2D eigenvalue weighted by Gasteiger charge is 2.18. The number of carbonyl (C=O) groups is 1. The SMILES string of the molecule is O=C1Nc2cc(Br)c(Br)nc2CO1. The van der Waals surface area contributed by atoms with Gasteiger partial charge in [-0.2, -0.15) is 0 Å². The van der Waals surface area contributed by atoms with Crippen molar-refractivity contribution in [2.24, 2.45) is 0 Å². The lowest BCUT2D eigenvalue weighted by Gasteiger charge is -2.16. The van der Waals surface area contributed by atoms with E-state index in [0.717, 1.165) is 10.2 Å².